The zero-order valence-electron chi connectivity index (χ0n) is 10.9. The summed E-state index contributed by atoms with van der Waals surface area (Å²) in [5.74, 6) is 0. The molecule has 0 bridgehead atoms. The Hall–Kier alpha value is -1.26. The van der Waals surface area contributed by atoms with Crippen molar-refractivity contribution in [1.29, 1.82) is 0 Å². The van der Waals surface area contributed by atoms with Crippen LogP contribution in [-0.2, 0) is 26.1 Å². The fourth-order valence-electron chi connectivity index (χ4n) is 2.12. The lowest BCUT2D eigenvalue weighted by Gasteiger charge is -2.09. The van der Waals surface area contributed by atoms with Gasteiger partial charge >= 0.3 is 0 Å². The number of halogens is 1. The maximum atomic E-state index is 6.39. The Morgan fingerprint density at radius 2 is 2.17 bits per heavy atom. The number of aromatic nitrogens is 3. The molecule has 0 atom stereocenters. The van der Waals surface area contributed by atoms with Crippen LogP contribution >= 0.6 is 11.6 Å². The first-order valence-electron chi connectivity index (χ1n) is 6.29. The van der Waals surface area contributed by atoms with E-state index >= 15 is 0 Å². The zero-order chi connectivity index (χ0) is 13.1. The maximum Gasteiger partial charge on any atom is 0.0868 e. The van der Waals surface area contributed by atoms with Crippen molar-refractivity contribution in [2.75, 3.05) is 0 Å². The Balaban J connectivity index is 2.36. The van der Waals surface area contributed by atoms with Crippen LogP contribution in [0.25, 0.3) is 0 Å². The van der Waals surface area contributed by atoms with E-state index in [0.29, 0.717) is 6.54 Å². The van der Waals surface area contributed by atoms with Gasteiger partial charge in [0, 0.05) is 25.0 Å². The van der Waals surface area contributed by atoms with Gasteiger partial charge in [0.05, 0.1) is 23.0 Å². The van der Waals surface area contributed by atoms with Gasteiger partial charge in [0.15, 0.2) is 0 Å². The first-order valence-corrected chi connectivity index (χ1v) is 6.67. The van der Waals surface area contributed by atoms with Gasteiger partial charge in [-0.05, 0) is 25.5 Å². The van der Waals surface area contributed by atoms with Crippen molar-refractivity contribution in [3.8, 4) is 0 Å². The van der Waals surface area contributed by atoms with Crippen LogP contribution in [0.15, 0.2) is 18.3 Å². The SMILES string of the molecule is CCc1nn(CC)c(Cn2cccc2CN)c1Cl. The highest BCUT2D eigenvalue weighted by Crippen LogP contribution is 2.23. The van der Waals surface area contributed by atoms with Crippen LogP contribution in [0, 0.1) is 0 Å². The van der Waals surface area contributed by atoms with Gasteiger partial charge in [-0.25, -0.2) is 0 Å². The molecule has 4 nitrogen and oxygen atoms in total. The minimum Gasteiger partial charge on any atom is -0.344 e. The maximum absolute atomic E-state index is 6.39. The minimum absolute atomic E-state index is 0.533. The molecular formula is C13H19ClN4. The molecule has 0 saturated heterocycles. The Bertz CT molecular complexity index is 527. The van der Waals surface area contributed by atoms with Crippen molar-refractivity contribution in [2.24, 2.45) is 5.73 Å². The predicted octanol–water partition coefficient (Wildman–Crippen LogP) is 2.43. The lowest BCUT2D eigenvalue weighted by molar-refractivity contribution is 0.589. The summed E-state index contributed by atoms with van der Waals surface area (Å²) in [5, 5.41) is 5.31. The number of nitrogens with two attached hydrogens (primary N) is 1. The van der Waals surface area contributed by atoms with E-state index in [1.807, 2.05) is 23.0 Å². The van der Waals surface area contributed by atoms with Crippen LogP contribution in [0.4, 0.5) is 0 Å². The highest BCUT2D eigenvalue weighted by Gasteiger charge is 2.15. The smallest absolute Gasteiger partial charge is 0.0868 e. The van der Waals surface area contributed by atoms with Gasteiger partial charge in [0.1, 0.15) is 0 Å². The summed E-state index contributed by atoms with van der Waals surface area (Å²) in [6.07, 6.45) is 2.88. The van der Waals surface area contributed by atoms with Gasteiger partial charge in [-0.3, -0.25) is 4.68 Å². The Morgan fingerprint density at radius 1 is 1.39 bits per heavy atom. The lowest BCUT2D eigenvalue weighted by atomic mass is 10.3. The second-order valence-electron chi connectivity index (χ2n) is 4.21. The fraction of sp³-hybridized carbons (Fsp3) is 0.462. The number of nitrogens with zero attached hydrogens (tertiary/aromatic N) is 3. The van der Waals surface area contributed by atoms with E-state index in [1.54, 1.807) is 0 Å². The van der Waals surface area contributed by atoms with E-state index in [9.17, 15) is 0 Å². The molecule has 0 aliphatic heterocycles. The van der Waals surface area contributed by atoms with E-state index < -0.39 is 0 Å². The summed E-state index contributed by atoms with van der Waals surface area (Å²) in [6, 6.07) is 4.03. The summed E-state index contributed by atoms with van der Waals surface area (Å²) in [5.41, 5.74) is 8.84. The Kier molecular flexibility index (Phi) is 4.09. The van der Waals surface area contributed by atoms with E-state index in [0.717, 1.165) is 41.6 Å². The Labute approximate surface area is 112 Å². The first-order chi connectivity index (χ1) is 8.71. The molecule has 0 aliphatic carbocycles. The average Bonchev–Trinajstić information content (AvgIpc) is 2.95. The van der Waals surface area contributed by atoms with Crippen molar-refractivity contribution in [1.82, 2.24) is 14.3 Å². The van der Waals surface area contributed by atoms with Crippen LogP contribution in [-0.4, -0.2) is 14.3 Å². The van der Waals surface area contributed by atoms with Crippen molar-refractivity contribution in [3.05, 3.63) is 40.4 Å². The molecule has 0 amide bonds. The van der Waals surface area contributed by atoms with Crippen LogP contribution in [0.5, 0.6) is 0 Å². The second-order valence-corrected chi connectivity index (χ2v) is 4.59. The summed E-state index contributed by atoms with van der Waals surface area (Å²) in [4.78, 5) is 0. The van der Waals surface area contributed by atoms with Gasteiger partial charge in [-0.15, -0.1) is 0 Å². The standard InChI is InChI=1S/C13H19ClN4/c1-3-11-13(14)12(18(4-2)16-11)9-17-7-5-6-10(17)8-15/h5-7H,3-4,8-9,15H2,1-2H3. The van der Waals surface area contributed by atoms with E-state index in [4.69, 9.17) is 17.3 Å². The molecule has 2 aromatic rings. The third kappa shape index (κ3) is 2.31. The van der Waals surface area contributed by atoms with Crippen molar-refractivity contribution in [3.63, 3.8) is 0 Å². The van der Waals surface area contributed by atoms with E-state index in [1.165, 1.54) is 0 Å². The molecule has 2 N–H and O–H groups in total. The molecule has 0 unspecified atom stereocenters. The third-order valence-corrected chi connectivity index (χ3v) is 3.58. The zero-order valence-corrected chi connectivity index (χ0v) is 11.6. The first kappa shape index (κ1) is 13.2. The van der Waals surface area contributed by atoms with Crippen LogP contribution in [0.1, 0.15) is 30.9 Å². The van der Waals surface area contributed by atoms with Crippen molar-refractivity contribution in [2.45, 2.75) is 39.9 Å². The molecule has 18 heavy (non-hydrogen) atoms. The average molecular weight is 267 g/mol. The second kappa shape index (κ2) is 5.59. The molecule has 0 aliphatic rings. The molecule has 2 aromatic heterocycles. The number of rotatable bonds is 5. The molecule has 0 saturated carbocycles. The molecule has 0 radical (unpaired) electrons. The topological polar surface area (TPSA) is 48.8 Å². The third-order valence-electron chi connectivity index (χ3n) is 3.15. The number of hydrogen-bond acceptors (Lipinski definition) is 2. The largest absolute Gasteiger partial charge is 0.344 e. The van der Waals surface area contributed by atoms with Crippen LogP contribution in [0.3, 0.4) is 0 Å². The summed E-state index contributed by atoms with van der Waals surface area (Å²) < 4.78 is 4.09. The predicted molar refractivity (Wildman–Crippen MR) is 73.7 cm³/mol. The molecule has 0 aromatic carbocycles. The van der Waals surface area contributed by atoms with Crippen LogP contribution < -0.4 is 5.73 Å². The van der Waals surface area contributed by atoms with Gasteiger partial charge in [-0.1, -0.05) is 18.5 Å². The lowest BCUT2D eigenvalue weighted by Crippen LogP contribution is -2.11. The highest BCUT2D eigenvalue weighted by molar-refractivity contribution is 6.31. The molecule has 0 spiro atoms. The number of hydrogen-bond donors (Lipinski definition) is 1. The summed E-state index contributed by atoms with van der Waals surface area (Å²) in [6.45, 7) is 6.23. The monoisotopic (exact) mass is 266 g/mol. The molecule has 0 fully saturated rings. The van der Waals surface area contributed by atoms with E-state index in [-0.39, 0.29) is 0 Å². The van der Waals surface area contributed by atoms with E-state index in [2.05, 4.69) is 23.5 Å². The van der Waals surface area contributed by atoms with Crippen LogP contribution in [0.2, 0.25) is 5.02 Å². The van der Waals surface area contributed by atoms with Gasteiger partial charge < -0.3 is 10.3 Å². The molecule has 2 heterocycles. The van der Waals surface area contributed by atoms with Crippen molar-refractivity contribution < 1.29 is 0 Å². The highest BCUT2D eigenvalue weighted by atomic mass is 35.5. The molecule has 2 rings (SSSR count). The molecular weight excluding hydrogens is 248 g/mol. The normalized spacial score (nSPS) is 11.1. The number of aryl methyl sites for hydroxylation is 2. The summed E-state index contributed by atoms with van der Waals surface area (Å²) >= 11 is 6.39. The fourth-order valence-corrected chi connectivity index (χ4v) is 2.45. The molecule has 5 heteroatoms. The quantitative estimate of drug-likeness (QED) is 0.904. The Morgan fingerprint density at radius 3 is 2.78 bits per heavy atom. The summed E-state index contributed by atoms with van der Waals surface area (Å²) in [7, 11) is 0. The van der Waals surface area contributed by atoms with Crippen molar-refractivity contribution >= 4 is 11.6 Å². The molecule has 98 valence electrons. The van der Waals surface area contributed by atoms with Gasteiger partial charge in [0.2, 0.25) is 0 Å². The van der Waals surface area contributed by atoms with Gasteiger partial charge in [0.25, 0.3) is 0 Å². The minimum atomic E-state index is 0.533. The van der Waals surface area contributed by atoms with Gasteiger partial charge in [-0.2, -0.15) is 5.10 Å².